The van der Waals surface area contributed by atoms with Gasteiger partial charge in [0.15, 0.2) is 0 Å². The summed E-state index contributed by atoms with van der Waals surface area (Å²) in [6.07, 6.45) is 3.22. The highest BCUT2D eigenvalue weighted by Crippen LogP contribution is 2.52. The molecule has 0 spiro atoms. The van der Waals surface area contributed by atoms with Gasteiger partial charge in [-0.3, -0.25) is 0 Å². The van der Waals surface area contributed by atoms with Crippen LogP contribution >= 0.6 is 0 Å². The van der Waals surface area contributed by atoms with Gasteiger partial charge in [0.05, 0.1) is 0 Å². The number of aromatic nitrogens is 1. The average Bonchev–Trinajstić information content (AvgIpc) is 3.44. The number of para-hydroxylation sites is 1. The van der Waals surface area contributed by atoms with Crippen molar-refractivity contribution in [3.05, 3.63) is 144 Å². The normalized spacial score (nSPS) is 13.8. The Kier molecular flexibility index (Phi) is 4.81. The highest BCUT2D eigenvalue weighted by Gasteiger charge is 2.30. The first kappa shape index (κ1) is 19.6. The molecule has 1 aliphatic carbocycles. The fourth-order valence-electron chi connectivity index (χ4n) is 5.19. The van der Waals surface area contributed by atoms with Gasteiger partial charge in [0, 0.05) is 29.7 Å². The van der Waals surface area contributed by atoms with Gasteiger partial charge in [-0.2, -0.15) is 0 Å². The summed E-state index contributed by atoms with van der Waals surface area (Å²) in [5.41, 5.74) is 11.9. The fourth-order valence-corrected chi connectivity index (χ4v) is 5.19. The lowest BCUT2D eigenvalue weighted by atomic mass is 9.89. The second-order valence-corrected chi connectivity index (χ2v) is 8.65. The van der Waals surface area contributed by atoms with Gasteiger partial charge in [0.1, 0.15) is 0 Å². The first-order chi connectivity index (χ1) is 16.3. The lowest BCUT2D eigenvalue weighted by Gasteiger charge is -2.14. The van der Waals surface area contributed by atoms with Crippen molar-refractivity contribution >= 4 is 33.2 Å². The van der Waals surface area contributed by atoms with Gasteiger partial charge in [-0.1, -0.05) is 109 Å². The first-order valence-electron chi connectivity index (χ1n) is 11.5. The smallest absolute Gasteiger partial charge is 0.0484 e. The van der Waals surface area contributed by atoms with E-state index in [1.165, 1.54) is 55.4 Å². The van der Waals surface area contributed by atoms with Crippen molar-refractivity contribution in [3.63, 3.8) is 0 Å². The first-order valence-corrected chi connectivity index (χ1v) is 11.5. The number of hydrogen-bond donors (Lipinski definition) is 0. The highest BCUT2D eigenvalue weighted by molar-refractivity contribution is 6.29. The number of benzene rings is 4. The largest absolute Gasteiger partial charge is 0.350 e. The molecule has 158 valence electrons. The van der Waals surface area contributed by atoms with Crippen molar-refractivity contribution in [3.8, 4) is 0 Å². The summed E-state index contributed by atoms with van der Waals surface area (Å²) in [5, 5.41) is 1.30. The Morgan fingerprint density at radius 2 is 1.00 bits per heavy atom. The zero-order chi connectivity index (χ0) is 22.2. The lowest BCUT2D eigenvalue weighted by molar-refractivity contribution is 0.967. The van der Waals surface area contributed by atoms with Gasteiger partial charge < -0.3 is 4.57 Å². The molecule has 0 amide bonds. The van der Waals surface area contributed by atoms with Crippen LogP contribution < -0.4 is 0 Å². The Hall–Kier alpha value is -4.10. The summed E-state index contributed by atoms with van der Waals surface area (Å²) < 4.78 is 2.25. The molecule has 1 heterocycles. The summed E-state index contributed by atoms with van der Waals surface area (Å²) >= 11 is 0. The predicted molar refractivity (Wildman–Crippen MR) is 140 cm³/mol. The van der Waals surface area contributed by atoms with Gasteiger partial charge in [0.25, 0.3) is 0 Å². The van der Waals surface area contributed by atoms with E-state index in [4.69, 9.17) is 0 Å². The second kappa shape index (κ2) is 8.11. The summed E-state index contributed by atoms with van der Waals surface area (Å²) in [4.78, 5) is 0. The SMILES string of the molecule is Cn1cc(C2=C(c3ccccc3)CC(c3ccccc3)=C2c2ccccc2)c2ccccc21. The third kappa shape index (κ3) is 3.34. The van der Waals surface area contributed by atoms with Crippen LogP contribution in [0.25, 0.3) is 33.2 Å². The Morgan fingerprint density at radius 3 is 1.61 bits per heavy atom. The molecule has 0 unspecified atom stereocenters. The van der Waals surface area contributed by atoms with E-state index in [0.29, 0.717) is 0 Å². The lowest BCUT2D eigenvalue weighted by Crippen LogP contribution is -1.92. The highest BCUT2D eigenvalue weighted by atomic mass is 14.9. The van der Waals surface area contributed by atoms with Crippen LogP contribution in [0.15, 0.2) is 121 Å². The van der Waals surface area contributed by atoms with Crippen LogP contribution in [0.3, 0.4) is 0 Å². The van der Waals surface area contributed by atoms with Crippen molar-refractivity contribution in [2.75, 3.05) is 0 Å². The summed E-state index contributed by atoms with van der Waals surface area (Å²) in [7, 11) is 2.15. The zero-order valence-corrected chi connectivity index (χ0v) is 18.7. The number of allylic oxidation sites excluding steroid dienone is 4. The van der Waals surface area contributed by atoms with Gasteiger partial charge in [0.2, 0.25) is 0 Å². The van der Waals surface area contributed by atoms with Crippen molar-refractivity contribution in [1.29, 1.82) is 0 Å². The van der Waals surface area contributed by atoms with E-state index in [0.717, 1.165) is 6.42 Å². The number of aryl methyl sites for hydroxylation is 1. The van der Waals surface area contributed by atoms with Crippen LogP contribution in [0.2, 0.25) is 0 Å². The standard InChI is InChI=1S/C32H25N/c1-33-22-29(26-19-11-12-20-30(26)33)32-28(24-15-7-3-8-16-24)21-27(23-13-5-2-6-14-23)31(32)25-17-9-4-10-18-25/h2-20,22H,21H2,1H3. The van der Waals surface area contributed by atoms with Gasteiger partial charge in [-0.25, -0.2) is 0 Å². The molecule has 0 N–H and O–H groups in total. The molecule has 6 rings (SSSR count). The van der Waals surface area contributed by atoms with Crippen LogP contribution in [0.1, 0.15) is 28.7 Å². The molecule has 4 aromatic carbocycles. The zero-order valence-electron chi connectivity index (χ0n) is 18.7. The summed E-state index contributed by atoms with van der Waals surface area (Å²) in [6, 6.07) is 41.4. The summed E-state index contributed by atoms with van der Waals surface area (Å²) in [5.74, 6) is 0. The molecule has 0 atom stereocenters. The van der Waals surface area contributed by atoms with E-state index in [1.807, 2.05) is 0 Å². The van der Waals surface area contributed by atoms with Crippen molar-refractivity contribution in [2.45, 2.75) is 6.42 Å². The van der Waals surface area contributed by atoms with Crippen LogP contribution in [-0.2, 0) is 7.05 Å². The average molecular weight is 424 g/mol. The predicted octanol–water partition coefficient (Wildman–Crippen LogP) is 8.10. The minimum absolute atomic E-state index is 0.914. The molecule has 0 saturated carbocycles. The van der Waals surface area contributed by atoms with Gasteiger partial charge in [-0.15, -0.1) is 0 Å². The molecule has 0 bridgehead atoms. The van der Waals surface area contributed by atoms with Crippen LogP contribution in [-0.4, -0.2) is 4.57 Å². The number of rotatable bonds is 4. The topological polar surface area (TPSA) is 4.93 Å². The van der Waals surface area contributed by atoms with Crippen molar-refractivity contribution < 1.29 is 0 Å². The van der Waals surface area contributed by atoms with Crippen molar-refractivity contribution in [1.82, 2.24) is 4.57 Å². The third-order valence-corrected chi connectivity index (χ3v) is 6.68. The minimum Gasteiger partial charge on any atom is -0.350 e. The molecule has 5 aromatic rings. The maximum Gasteiger partial charge on any atom is 0.0484 e. The maximum atomic E-state index is 2.31. The van der Waals surface area contributed by atoms with Gasteiger partial charge in [-0.05, 0) is 51.5 Å². The summed E-state index contributed by atoms with van der Waals surface area (Å²) in [6.45, 7) is 0. The van der Waals surface area contributed by atoms with Crippen LogP contribution in [0.4, 0.5) is 0 Å². The van der Waals surface area contributed by atoms with E-state index < -0.39 is 0 Å². The van der Waals surface area contributed by atoms with E-state index in [1.54, 1.807) is 0 Å². The molecule has 0 saturated heterocycles. The van der Waals surface area contributed by atoms with Gasteiger partial charge >= 0.3 is 0 Å². The van der Waals surface area contributed by atoms with E-state index in [2.05, 4.69) is 133 Å². The Balaban J connectivity index is 1.71. The second-order valence-electron chi connectivity index (χ2n) is 8.65. The van der Waals surface area contributed by atoms with E-state index in [9.17, 15) is 0 Å². The molecule has 1 heteroatoms. The van der Waals surface area contributed by atoms with E-state index in [-0.39, 0.29) is 0 Å². The third-order valence-electron chi connectivity index (χ3n) is 6.68. The monoisotopic (exact) mass is 423 g/mol. The molecule has 1 aliphatic rings. The molecular weight excluding hydrogens is 398 g/mol. The number of hydrogen-bond acceptors (Lipinski definition) is 0. The fraction of sp³-hybridized carbons (Fsp3) is 0.0625. The quantitative estimate of drug-likeness (QED) is 0.275. The molecule has 0 radical (unpaired) electrons. The number of nitrogens with zero attached hydrogens (tertiary/aromatic N) is 1. The van der Waals surface area contributed by atoms with E-state index >= 15 is 0 Å². The Labute approximate surface area is 195 Å². The molecule has 1 nitrogen and oxygen atoms in total. The Morgan fingerprint density at radius 1 is 0.515 bits per heavy atom. The van der Waals surface area contributed by atoms with Crippen LogP contribution in [0, 0.1) is 0 Å². The van der Waals surface area contributed by atoms with Crippen molar-refractivity contribution in [2.24, 2.45) is 7.05 Å². The van der Waals surface area contributed by atoms with Crippen LogP contribution in [0.5, 0.6) is 0 Å². The Bertz CT molecular complexity index is 1500. The molecular formula is C32H25N. The maximum absolute atomic E-state index is 2.31. The molecule has 1 aromatic heterocycles. The number of fused-ring (bicyclic) bond motifs is 1. The molecule has 0 aliphatic heterocycles. The molecule has 33 heavy (non-hydrogen) atoms. The molecule has 0 fully saturated rings. The minimum atomic E-state index is 0.914.